The summed E-state index contributed by atoms with van der Waals surface area (Å²) in [5, 5.41) is 2.47. The lowest BCUT2D eigenvalue weighted by Gasteiger charge is -2.07. The molecule has 2 aromatic heterocycles. The summed E-state index contributed by atoms with van der Waals surface area (Å²) >= 11 is 6.10. The van der Waals surface area contributed by atoms with Crippen molar-refractivity contribution in [2.24, 2.45) is 0 Å². The van der Waals surface area contributed by atoms with E-state index in [1.807, 2.05) is 45.0 Å². The van der Waals surface area contributed by atoms with Crippen molar-refractivity contribution in [1.82, 2.24) is 0 Å². The van der Waals surface area contributed by atoms with Crippen molar-refractivity contribution in [3.63, 3.8) is 0 Å². The van der Waals surface area contributed by atoms with Crippen molar-refractivity contribution >= 4 is 33.5 Å². The molecule has 2 aromatic carbocycles. The van der Waals surface area contributed by atoms with E-state index >= 15 is 0 Å². The predicted octanol–water partition coefficient (Wildman–Crippen LogP) is 5.78. The monoisotopic (exact) mass is 338 g/mol. The predicted molar refractivity (Wildman–Crippen MR) is 96.9 cm³/mol. The number of hydrogen-bond acceptors (Lipinski definition) is 3. The highest BCUT2D eigenvalue weighted by Crippen LogP contribution is 2.37. The summed E-state index contributed by atoms with van der Waals surface area (Å²) in [5.74, 6) is 0.674. The maximum Gasteiger partial charge on any atom is 0.336 e. The average molecular weight is 339 g/mol. The van der Waals surface area contributed by atoms with Crippen molar-refractivity contribution in [3.05, 3.63) is 68.5 Å². The van der Waals surface area contributed by atoms with Crippen LogP contribution >= 0.6 is 11.6 Å². The summed E-state index contributed by atoms with van der Waals surface area (Å²) < 4.78 is 11.4. The molecule has 2 heterocycles. The Balaban J connectivity index is 2.11. The second kappa shape index (κ2) is 5.25. The normalized spacial score (nSPS) is 11.5. The van der Waals surface area contributed by atoms with Gasteiger partial charge in [-0.3, -0.25) is 0 Å². The van der Waals surface area contributed by atoms with Gasteiger partial charge in [0.25, 0.3) is 0 Å². The average Bonchev–Trinajstić information content (AvgIpc) is 2.85. The van der Waals surface area contributed by atoms with Gasteiger partial charge in [0, 0.05) is 33.0 Å². The summed E-state index contributed by atoms with van der Waals surface area (Å²) in [6.45, 7) is 6.00. The third kappa shape index (κ3) is 2.24. The molecule has 0 atom stereocenters. The van der Waals surface area contributed by atoms with Crippen LogP contribution in [0.5, 0.6) is 0 Å². The first-order valence-corrected chi connectivity index (χ1v) is 8.06. The van der Waals surface area contributed by atoms with Gasteiger partial charge in [-0.05, 0) is 62.2 Å². The van der Waals surface area contributed by atoms with Gasteiger partial charge in [-0.15, -0.1) is 0 Å². The molecule has 4 heteroatoms. The van der Waals surface area contributed by atoms with E-state index in [0.717, 1.165) is 38.6 Å². The number of furan rings is 1. The van der Waals surface area contributed by atoms with E-state index in [9.17, 15) is 4.79 Å². The number of fused-ring (bicyclic) bond motifs is 2. The summed E-state index contributed by atoms with van der Waals surface area (Å²) in [6.07, 6.45) is 0. The lowest BCUT2D eigenvalue weighted by molar-refractivity contribution is 0.559. The van der Waals surface area contributed by atoms with E-state index in [1.54, 1.807) is 6.07 Å². The minimum atomic E-state index is -0.390. The summed E-state index contributed by atoms with van der Waals surface area (Å²) in [7, 11) is 0. The molecule has 0 N–H and O–H groups in total. The van der Waals surface area contributed by atoms with Gasteiger partial charge in [-0.25, -0.2) is 4.79 Å². The van der Waals surface area contributed by atoms with Crippen LogP contribution in [0.15, 0.2) is 50.0 Å². The molecule has 4 aromatic rings. The molecule has 0 fully saturated rings. The van der Waals surface area contributed by atoms with E-state index in [-0.39, 0.29) is 0 Å². The van der Waals surface area contributed by atoms with E-state index in [1.165, 1.54) is 6.07 Å². The number of halogens is 1. The van der Waals surface area contributed by atoms with Gasteiger partial charge in [0.15, 0.2) is 0 Å². The third-order valence-electron chi connectivity index (χ3n) is 4.50. The highest BCUT2D eigenvalue weighted by Gasteiger charge is 2.17. The Labute approximate surface area is 143 Å². The molecule has 0 amide bonds. The van der Waals surface area contributed by atoms with E-state index in [4.69, 9.17) is 20.4 Å². The minimum absolute atomic E-state index is 0.390. The van der Waals surface area contributed by atoms with Crippen LogP contribution in [0.25, 0.3) is 33.3 Å². The molecule has 0 aliphatic rings. The summed E-state index contributed by atoms with van der Waals surface area (Å²) in [6, 6.07) is 10.9. The molecule has 0 spiro atoms. The Kier molecular flexibility index (Phi) is 3.29. The topological polar surface area (TPSA) is 43.4 Å². The third-order valence-corrected chi connectivity index (χ3v) is 4.74. The first-order valence-electron chi connectivity index (χ1n) is 7.68. The van der Waals surface area contributed by atoms with Gasteiger partial charge in [-0.1, -0.05) is 11.6 Å². The maximum atomic E-state index is 12.0. The van der Waals surface area contributed by atoms with Crippen molar-refractivity contribution < 1.29 is 8.83 Å². The molecular weight excluding hydrogens is 324 g/mol. The number of aryl methyl sites for hydroxylation is 3. The lowest BCUT2D eigenvalue weighted by atomic mass is 10.00. The second-order valence-electron chi connectivity index (χ2n) is 6.11. The van der Waals surface area contributed by atoms with Crippen LogP contribution in [-0.4, -0.2) is 0 Å². The molecule has 120 valence electrons. The molecule has 0 aliphatic heterocycles. The Morgan fingerprint density at radius 3 is 2.38 bits per heavy atom. The molecule has 0 unspecified atom stereocenters. The first-order chi connectivity index (χ1) is 11.4. The molecule has 0 saturated carbocycles. The van der Waals surface area contributed by atoms with Gasteiger partial charge in [-0.2, -0.15) is 0 Å². The van der Waals surface area contributed by atoms with Gasteiger partial charge in [0.2, 0.25) is 0 Å². The molecule has 0 aliphatic carbocycles. The van der Waals surface area contributed by atoms with Crippen LogP contribution in [0.2, 0.25) is 5.02 Å². The largest absolute Gasteiger partial charge is 0.456 e. The highest BCUT2D eigenvalue weighted by molar-refractivity contribution is 6.31. The highest BCUT2D eigenvalue weighted by atomic mass is 35.5. The maximum absolute atomic E-state index is 12.0. The first kappa shape index (κ1) is 15.0. The summed E-state index contributed by atoms with van der Waals surface area (Å²) in [4.78, 5) is 12.0. The number of hydrogen-bond donors (Lipinski definition) is 0. The SMILES string of the molecule is Cc1cc2oc(=O)cc(-c3oc4ccc(Cl)cc4c3C)c2cc1C. The van der Waals surface area contributed by atoms with Crippen LogP contribution in [0, 0.1) is 20.8 Å². The second-order valence-corrected chi connectivity index (χ2v) is 6.54. The zero-order chi connectivity index (χ0) is 17.0. The van der Waals surface area contributed by atoms with Gasteiger partial charge in [0.05, 0.1) is 0 Å². The zero-order valence-corrected chi connectivity index (χ0v) is 14.3. The Bertz CT molecular complexity index is 1170. The van der Waals surface area contributed by atoms with E-state index in [2.05, 4.69) is 0 Å². The minimum Gasteiger partial charge on any atom is -0.456 e. The molecule has 0 radical (unpaired) electrons. The van der Waals surface area contributed by atoms with Crippen LogP contribution in [0.3, 0.4) is 0 Å². The zero-order valence-electron chi connectivity index (χ0n) is 13.6. The fraction of sp³-hybridized carbons (Fsp3) is 0.150. The molecule has 4 rings (SSSR count). The molecular formula is C20H15ClO3. The molecule has 0 bridgehead atoms. The molecule has 3 nitrogen and oxygen atoms in total. The fourth-order valence-corrected chi connectivity index (χ4v) is 3.23. The Hall–Kier alpha value is -2.52. The van der Waals surface area contributed by atoms with Crippen molar-refractivity contribution in [2.45, 2.75) is 20.8 Å². The summed E-state index contributed by atoms with van der Waals surface area (Å²) in [5.41, 5.74) is 4.84. The number of rotatable bonds is 1. The van der Waals surface area contributed by atoms with Crippen molar-refractivity contribution in [2.75, 3.05) is 0 Å². The molecule has 0 saturated heterocycles. The van der Waals surface area contributed by atoms with Crippen LogP contribution in [-0.2, 0) is 0 Å². The standard InChI is InChI=1S/C20H15ClO3/c1-10-6-15-16(9-19(22)23-18(15)7-11(10)2)20-12(3)14-8-13(21)4-5-17(14)24-20/h4-9H,1-3H3. The van der Waals surface area contributed by atoms with Crippen LogP contribution in [0.4, 0.5) is 0 Å². The van der Waals surface area contributed by atoms with E-state index < -0.39 is 5.63 Å². The number of benzene rings is 2. The lowest BCUT2D eigenvalue weighted by Crippen LogP contribution is -1.99. The van der Waals surface area contributed by atoms with Crippen LogP contribution < -0.4 is 5.63 Å². The van der Waals surface area contributed by atoms with Crippen molar-refractivity contribution in [3.8, 4) is 11.3 Å². The molecule has 24 heavy (non-hydrogen) atoms. The van der Waals surface area contributed by atoms with E-state index in [0.29, 0.717) is 16.4 Å². The Morgan fingerprint density at radius 2 is 1.58 bits per heavy atom. The van der Waals surface area contributed by atoms with Gasteiger partial charge < -0.3 is 8.83 Å². The van der Waals surface area contributed by atoms with Crippen molar-refractivity contribution in [1.29, 1.82) is 0 Å². The van der Waals surface area contributed by atoms with Gasteiger partial charge in [0.1, 0.15) is 16.9 Å². The Morgan fingerprint density at radius 1 is 0.833 bits per heavy atom. The fourth-order valence-electron chi connectivity index (χ4n) is 3.06. The van der Waals surface area contributed by atoms with Crippen LogP contribution in [0.1, 0.15) is 16.7 Å². The smallest absolute Gasteiger partial charge is 0.336 e. The van der Waals surface area contributed by atoms with Gasteiger partial charge >= 0.3 is 5.63 Å². The quantitative estimate of drug-likeness (QED) is 0.413.